The first-order valence-corrected chi connectivity index (χ1v) is 5.19. The average molecular weight is 252 g/mol. The lowest BCUT2D eigenvalue weighted by Crippen LogP contribution is -2.04. The van der Waals surface area contributed by atoms with E-state index in [-0.39, 0.29) is 18.0 Å². The van der Waals surface area contributed by atoms with E-state index in [0.717, 1.165) is 0 Å². The molecule has 0 aliphatic rings. The normalized spacial score (nSPS) is 10.4. The van der Waals surface area contributed by atoms with Crippen molar-refractivity contribution < 1.29 is 23.5 Å². The molecule has 0 N–H and O–H groups in total. The minimum absolute atomic E-state index is 0.113. The predicted molar refractivity (Wildman–Crippen MR) is 63.4 cm³/mol. The number of halogens is 1. The van der Waals surface area contributed by atoms with Crippen LogP contribution in [-0.4, -0.2) is 26.2 Å². The third-order valence-electron chi connectivity index (χ3n) is 2.22. The lowest BCUT2D eigenvalue weighted by molar-refractivity contribution is -0.139. The van der Waals surface area contributed by atoms with Gasteiger partial charge in [-0.3, -0.25) is 4.79 Å². The van der Waals surface area contributed by atoms with Crippen LogP contribution >= 0.6 is 0 Å². The highest BCUT2D eigenvalue weighted by Gasteiger charge is 2.11. The number of methoxy groups -OCH3 is 2. The lowest BCUT2D eigenvalue weighted by atomic mass is 10.1. The van der Waals surface area contributed by atoms with Crippen molar-refractivity contribution in [3.63, 3.8) is 0 Å². The van der Waals surface area contributed by atoms with E-state index in [0.29, 0.717) is 5.56 Å². The first kappa shape index (κ1) is 13.9. The number of rotatable bonds is 4. The maximum atomic E-state index is 13.3. The topological polar surface area (TPSA) is 52.6 Å². The number of hydrogen-bond donors (Lipinski definition) is 0. The fraction of sp³-hybridized carbons (Fsp3) is 0.231. The quantitative estimate of drug-likeness (QED) is 0.771. The zero-order chi connectivity index (χ0) is 13.5. The van der Waals surface area contributed by atoms with Crippen LogP contribution in [0.4, 0.5) is 4.39 Å². The van der Waals surface area contributed by atoms with Gasteiger partial charge in [0.25, 0.3) is 0 Å². The number of hydrogen-bond acceptors (Lipinski definition) is 4. The lowest BCUT2D eigenvalue weighted by Gasteiger charge is -2.02. The standard InChI is InChI=1S/C13H13FO4/c1-17-12(15)5-3-4-9-6-7-11(14)10(8-9)13(16)18-2/h3-4,6-8H,5H2,1-2H3. The van der Waals surface area contributed by atoms with Crippen LogP contribution < -0.4 is 0 Å². The molecule has 1 rings (SSSR count). The molecule has 0 radical (unpaired) electrons. The molecular formula is C13H13FO4. The molecule has 5 heteroatoms. The maximum Gasteiger partial charge on any atom is 0.340 e. The van der Waals surface area contributed by atoms with Crippen molar-refractivity contribution >= 4 is 18.0 Å². The van der Waals surface area contributed by atoms with Crippen molar-refractivity contribution in [2.24, 2.45) is 0 Å². The van der Waals surface area contributed by atoms with E-state index in [9.17, 15) is 14.0 Å². The highest BCUT2D eigenvalue weighted by atomic mass is 19.1. The van der Waals surface area contributed by atoms with Crippen LogP contribution in [0.2, 0.25) is 0 Å². The Morgan fingerprint density at radius 2 is 2.00 bits per heavy atom. The summed E-state index contributed by atoms with van der Waals surface area (Å²) in [5.74, 6) is -1.76. The largest absolute Gasteiger partial charge is 0.469 e. The second-order valence-electron chi connectivity index (χ2n) is 3.41. The number of ether oxygens (including phenoxy) is 2. The van der Waals surface area contributed by atoms with Gasteiger partial charge in [-0.25, -0.2) is 9.18 Å². The molecule has 4 nitrogen and oxygen atoms in total. The van der Waals surface area contributed by atoms with Crippen molar-refractivity contribution in [3.05, 3.63) is 41.2 Å². The van der Waals surface area contributed by atoms with E-state index in [2.05, 4.69) is 9.47 Å². The van der Waals surface area contributed by atoms with Gasteiger partial charge in [0.15, 0.2) is 0 Å². The zero-order valence-electron chi connectivity index (χ0n) is 10.1. The van der Waals surface area contributed by atoms with Gasteiger partial charge in [-0.05, 0) is 17.7 Å². The Hall–Kier alpha value is -2.17. The third kappa shape index (κ3) is 3.69. The van der Waals surface area contributed by atoms with Crippen LogP contribution in [0.5, 0.6) is 0 Å². The van der Waals surface area contributed by atoms with E-state index < -0.39 is 11.8 Å². The molecule has 0 atom stereocenters. The van der Waals surface area contributed by atoms with Crippen molar-refractivity contribution in [2.75, 3.05) is 14.2 Å². The van der Waals surface area contributed by atoms with Crippen molar-refractivity contribution in [3.8, 4) is 0 Å². The summed E-state index contributed by atoms with van der Waals surface area (Å²) in [7, 11) is 2.48. The van der Waals surface area contributed by atoms with Gasteiger partial charge in [-0.1, -0.05) is 18.2 Å². The molecule has 96 valence electrons. The fourth-order valence-corrected chi connectivity index (χ4v) is 1.29. The number of carbonyl (C=O) groups excluding carboxylic acids is 2. The molecule has 0 amide bonds. The smallest absolute Gasteiger partial charge is 0.340 e. The van der Waals surface area contributed by atoms with Crippen LogP contribution in [0, 0.1) is 5.82 Å². The molecule has 0 bridgehead atoms. The molecule has 0 fully saturated rings. The number of carbonyl (C=O) groups is 2. The molecule has 0 saturated carbocycles. The van der Waals surface area contributed by atoms with E-state index >= 15 is 0 Å². The second-order valence-corrected chi connectivity index (χ2v) is 3.41. The van der Waals surface area contributed by atoms with Gasteiger partial charge in [-0.15, -0.1) is 0 Å². The molecule has 0 aliphatic heterocycles. The summed E-state index contributed by atoms with van der Waals surface area (Å²) < 4.78 is 22.2. The van der Waals surface area contributed by atoms with Gasteiger partial charge in [0, 0.05) is 0 Å². The van der Waals surface area contributed by atoms with Crippen molar-refractivity contribution in [1.29, 1.82) is 0 Å². The van der Waals surface area contributed by atoms with Gasteiger partial charge in [-0.2, -0.15) is 0 Å². The molecule has 0 spiro atoms. The minimum Gasteiger partial charge on any atom is -0.469 e. The van der Waals surface area contributed by atoms with Gasteiger partial charge in [0.1, 0.15) is 5.82 Å². The van der Waals surface area contributed by atoms with Crippen LogP contribution in [0.15, 0.2) is 24.3 Å². The minimum atomic E-state index is -0.740. The molecule has 0 unspecified atom stereocenters. The molecule has 18 heavy (non-hydrogen) atoms. The molecule has 0 aliphatic carbocycles. The van der Waals surface area contributed by atoms with Gasteiger partial charge in [0.2, 0.25) is 0 Å². The van der Waals surface area contributed by atoms with E-state index in [1.807, 2.05) is 0 Å². The predicted octanol–water partition coefficient (Wildman–Crippen LogP) is 2.19. The molecule has 1 aromatic carbocycles. The summed E-state index contributed by atoms with van der Waals surface area (Å²) in [5, 5.41) is 0. The van der Waals surface area contributed by atoms with Crippen molar-refractivity contribution in [2.45, 2.75) is 6.42 Å². The summed E-state index contributed by atoms with van der Waals surface area (Å²) in [6.07, 6.45) is 3.28. The molecule has 1 aromatic rings. The Morgan fingerprint density at radius 3 is 2.61 bits per heavy atom. The Bertz CT molecular complexity index is 480. The maximum absolute atomic E-state index is 13.3. The van der Waals surface area contributed by atoms with Crippen LogP contribution in [0.25, 0.3) is 6.08 Å². The van der Waals surface area contributed by atoms with Gasteiger partial charge in [0.05, 0.1) is 26.2 Å². The zero-order valence-corrected chi connectivity index (χ0v) is 10.1. The SMILES string of the molecule is COC(=O)CC=Cc1ccc(F)c(C(=O)OC)c1. The Labute approximate surface area is 104 Å². The number of esters is 2. The summed E-state index contributed by atoms with van der Waals surface area (Å²) in [4.78, 5) is 22.1. The van der Waals surface area contributed by atoms with Crippen LogP contribution in [-0.2, 0) is 14.3 Å². The summed E-state index contributed by atoms with van der Waals surface area (Å²) in [6.45, 7) is 0. The molecule has 0 saturated heterocycles. The van der Waals surface area contributed by atoms with Crippen LogP contribution in [0.3, 0.4) is 0 Å². The van der Waals surface area contributed by atoms with Crippen molar-refractivity contribution in [1.82, 2.24) is 0 Å². The average Bonchev–Trinajstić information content (AvgIpc) is 2.39. The highest BCUT2D eigenvalue weighted by molar-refractivity contribution is 5.90. The van der Waals surface area contributed by atoms with E-state index in [1.165, 1.54) is 32.4 Å². The fourth-order valence-electron chi connectivity index (χ4n) is 1.29. The third-order valence-corrected chi connectivity index (χ3v) is 2.22. The monoisotopic (exact) mass is 252 g/mol. The second kappa shape index (κ2) is 6.54. The first-order chi connectivity index (χ1) is 8.58. The summed E-state index contributed by atoms with van der Waals surface area (Å²) in [5.41, 5.74) is 0.457. The highest BCUT2D eigenvalue weighted by Crippen LogP contribution is 2.13. The van der Waals surface area contributed by atoms with Gasteiger partial charge >= 0.3 is 11.9 Å². The van der Waals surface area contributed by atoms with Crippen LogP contribution in [0.1, 0.15) is 22.3 Å². The van der Waals surface area contributed by atoms with Gasteiger partial charge < -0.3 is 9.47 Å². The molecular weight excluding hydrogens is 239 g/mol. The molecule has 0 heterocycles. The Kier molecular flexibility index (Phi) is 5.05. The number of benzene rings is 1. The molecule has 0 aromatic heterocycles. The first-order valence-electron chi connectivity index (χ1n) is 5.19. The summed E-state index contributed by atoms with van der Waals surface area (Å²) in [6, 6.07) is 4.02. The summed E-state index contributed by atoms with van der Waals surface area (Å²) >= 11 is 0. The Morgan fingerprint density at radius 1 is 1.28 bits per heavy atom. The van der Waals surface area contributed by atoms with E-state index in [4.69, 9.17) is 0 Å². The Balaban J connectivity index is 2.85. The van der Waals surface area contributed by atoms with E-state index in [1.54, 1.807) is 12.2 Å².